The highest BCUT2D eigenvalue weighted by Crippen LogP contribution is 2.24. The molecule has 2 aromatic carbocycles. The molecule has 0 amide bonds. The number of hydrogen-bond acceptors (Lipinski definition) is 0. The van der Waals surface area contributed by atoms with Crippen molar-refractivity contribution in [2.75, 3.05) is 0 Å². The Hall–Kier alpha value is -1.63. The zero-order valence-electron chi connectivity index (χ0n) is 15.5. The molecule has 0 aromatic heterocycles. The molecule has 0 radical (unpaired) electrons. The molecule has 0 nitrogen and oxygen atoms in total. The van der Waals surface area contributed by atoms with E-state index in [0.29, 0.717) is 0 Å². The van der Waals surface area contributed by atoms with E-state index in [1.807, 2.05) is 13.0 Å². The van der Waals surface area contributed by atoms with Crippen LogP contribution >= 0.6 is 0 Å². The Bertz CT molecular complexity index is 562. The van der Waals surface area contributed by atoms with Crippen LogP contribution in [0.25, 0.3) is 0 Å². The van der Waals surface area contributed by atoms with Crippen molar-refractivity contribution >= 4 is 0 Å². The minimum Gasteiger partial charge on any atom is -0.206 e. The van der Waals surface area contributed by atoms with Crippen LogP contribution < -0.4 is 0 Å². The summed E-state index contributed by atoms with van der Waals surface area (Å²) in [6.45, 7) is 18.8. The first-order valence-electron chi connectivity index (χ1n) is 7.85. The van der Waals surface area contributed by atoms with Gasteiger partial charge in [-0.25, -0.2) is 4.39 Å². The number of hydrogen-bond donors (Lipinski definition) is 0. The maximum atomic E-state index is 13.0. The molecule has 0 bridgehead atoms. The van der Waals surface area contributed by atoms with Crippen molar-refractivity contribution in [1.82, 2.24) is 0 Å². The van der Waals surface area contributed by atoms with Gasteiger partial charge < -0.3 is 0 Å². The van der Waals surface area contributed by atoms with E-state index < -0.39 is 0 Å². The maximum absolute atomic E-state index is 13.0. The molecule has 0 unspecified atom stereocenters. The molecular formula is C21H29F. The highest BCUT2D eigenvalue weighted by atomic mass is 19.1. The lowest BCUT2D eigenvalue weighted by molar-refractivity contribution is 0.607. The Morgan fingerprint density at radius 2 is 0.727 bits per heavy atom. The van der Waals surface area contributed by atoms with Crippen LogP contribution in [0.4, 0.5) is 4.39 Å². The van der Waals surface area contributed by atoms with Crippen LogP contribution in [0.15, 0.2) is 12.1 Å². The fourth-order valence-electron chi connectivity index (χ4n) is 2.60. The van der Waals surface area contributed by atoms with Crippen LogP contribution in [-0.4, -0.2) is 0 Å². The third-order valence-electron chi connectivity index (χ3n) is 5.23. The molecule has 0 fully saturated rings. The minimum atomic E-state index is -0.0694. The monoisotopic (exact) mass is 300 g/mol. The zero-order chi connectivity index (χ0) is 17.2. The second-order valence-corrected chi connectivity index (χ2v) is 6.39. The fraction of sp³-hybridized carbons (Fsp3) is 0.429. The summed E-state index contributed by atoms with van der Waals surface area (Å²) in [5.41, 5.74) is 11.2. The molecule has 22 heavy (non-hydrogen) atoms. The molecule has 120 valence electrons. The van der Waals surface area contributed by atoms with Crippen molar-refractivity contribution in [3.8, 4) is 0 Å². The lowest BCUT2D eigenvalue weighted by Crippen LogP contribution is -1.98. The predicted molar refractivity (Wildman–Crippen MR) is 95.5 cm³/mol. The Morgan fingerprint density at radius 1 is 0.455 bits per heavy atom. The third kappa shape index (κ3) is 3.58. The Balaban J connectivity index is 0.000000224. The summed E-state index contributed by atoms with van der Waals surface area (Å²) in [7, 11) is 0. The summed E-state index contributed by atoms with van der Waals surface area (Å²) in [5.74, 6) is -0.0694. The molecule has 0 aliphatic rings. The summed E-state index contributed by atoms with van der Waals surface area (Å²) < 4.78 is 13.0. The van der Waals surface area contributed by atoms with Crippen molar-refractivity contribution < 1.29 is 4.39 Å². The lowest BCUT2D eigenvalue weighted by Gasteiger charge is -2.15. The van der Waals surface area contributed by atoms with Gasteiger partial charge in [-0.15, -0.1) is 0 Å². The summed E-state index contributed by atoms with van der Waals surface area (Å²) >= 11 is 0. The summed E-state index contributed by atoms with van der Waals surface area (Å²) in [6.07, 6.45) is 0. The van der Waals surface area contributed by atoms with Gasteiger partial charge in [0, 0.05) is 0 Å². The minimum absolute atomic E-state index is 0.0694. The number of halogens is 1. The van der Waals surface area contributed by atoms with Gasteiger partial charge in [0.2, 0.25) is 0 Å². The van der Waals surface area contributed by atoms with Crippen LogP contribution in [-0.2, 0) is 0 Å². The Morgan fingerprint density at radius 3 is 1.00 bits per heavy atom. The lowest BCUT2D eigenvalue weighted by atomic mass is 9.90. The van der Waals surface area contributed by atoms with Crippen LogP contribution in [0.3, 0.4) is 0 Å². The average molecular weight is 300 g/mol. The standard InChI is InChI=1S/C12H18.C9H11F/c1-7-8(2)10(4)12(6)11(5)9(7)3;1-6-4-5-7(2)9(10)8(6)3/h1-6H3;4-5H,1-3H3. The van der Waals surface area contributed by atoms with Gasteiger partial charge in [-0.1, -0.05) is 12.1 Å². The van der Waals surface area contributed by atoms with Crippen molar-refractivity contribution in [2.24, 2.45) is 0 Å². The van der Waals surface area contributed by atoms with Gasteiger partial charge in [0.25, 0.3) is 0 Å². The van der Waals surface area contributed by atoms with E-state index >= 15 is 0 Å². The largest absolute Gasteiger partial charge is 0.206 e. The highest BCUT2D eigenvalue weighted by Gasteiger charge is 2.07. The van der Waals surface area contributed by atoms with Gasteiger partial charge in [0.1, 0.15) is 5.82 Å². The van der Waals surface area contributed by atoms with Gasteiger partial charge in [-0.2, -0.15) is 0 Å². The number of rotatable bonds is 0. The number of aryl methyl sites for hydroxylation is 2. The van der Waals surface area contributed by atoms with Gasteiger partial charge in [-0.05, 0) is 112 Å². The van der Waals surface area contributed by atoms with Gasteiger partial charge >= 0.3 is 0 Å². The van der Waals surface area contributed by atoms with E-state index in [1.54, 1.807) is 19.9 Å². The topological polar surface area (TPSA) is 0 Å². The predicted octanol–water partition coefficient (Wildman–Crippen LogP) is 6.29. The van der Waals surface area contributed by atoms with Gasteiger partial charge in [-0.3, -0.25) is 0 Å². The molecule has 0 aliphatic heterocycles. The van der Waals surface area contributed by atoms with Crippen molar-refractivity contribution in [3.05, 3.63) is 68.0 Å². The second kappa shape index (κ2) is 7.09. The molecule has 0 atom stereocenters. The smallest absolute Gasteiger partial charge is 0.129 e. The summed E-state index contributed by atoms with van der Waals surface area (Å²) in [6, 6.07) is 3.74. The molecule has 0 heterocycles. The SMILES string of the molecule is Cc1c(C)c(C)c(C)c(C)c1C.Cc1ccc(C)c(F)c1C. The molecule has 2 aromatic rings. The normalized spacial score (nSPS) is 10.3. The molecule has 0 N–H and O–H groups in total. The van der Waals surface area contributed by atoms with E-state index in [4.69, 9.17) is 0 Å². The van der Waals surface area contributed by atoms with Gasteiger partial charge in [0.15, 0.2) is 0 Å². The van der Waals surface area contributed by atoms with E-state index in [-0.39, 0.29) is 5.82 Å². The van der Waals surface area contributed by atoms with Crippen LogP contribution in [0.5, 0.6) is 0 Å². The first-order valence-corrected chi connectivity index (χ1v) is 7.85. The van der Waals surface area contributed by atoms with Crippen LogP contribution in [0.1, 0.15) is 50.1 Å². The first kappa shape index (κ1) is 18.4. The first-order chi connectivity index (χ1) is 10.1. The van der Waals surface area contributed by atoms with E-state index in [1.165, 1.54) is 33.4 Å². The molecular weight excluding hydrogens is 271 g/mol. The average Bonchev–Trinajstić information content (AvgIpc) is 2.51. The third-order valence-corrected chi connectivity index (χ3v) is 5.23. The molecule has 0 saturated carbocycles. The van der Waals surface area contributed by atoms with E-state index in [9.17, 15) is 4.39 Å². The summed E-state index contributed by atoms with van der Waals surface area (Å²) in [5, 5.41) is 0. The van der Waals surface area contributed by atoms with Crippen molar-refractivity contribution in [3.63, 3.8) is 0 Å². The molecule has 2 rings (SSSR count). The van der Waals surface area contributed by atoms with Gasteiger partial charge in [0.05, 0.1) is 0 Å². The van der Waals surface area contributed by atoms with Crippen molar-refractivity contribution in [2.45, 2.75) is 62.3 Å². The molecule has 0 spiro atoms. The number of benzene rings is 2. The van der Waals surface area contributed by atoms with Crippen molar-refractivity contribution in [1.29, 1.82) is 0 Å². The molecule has 0 aliphatic carbocycles. The second-order valence-electron chi connectivity index (χ2n) is 6.39. The fourth-order valence-corrected chi connectivity index (χ4v) is 2.60. The highest BCUT2D eigenvalue weighted by molar-refractivity contribution is 5.48. The van der Waals surface area contributed by atoms with Crippen LogP contribution in [0, 0.1) is 68.1 Å². The zero-order valence-corrected chi connectivity index (χ0v) is 15.5. The quantitative estimate of drug-likeness (QED) is 0.536. The van der Waals surface area contributed by atoms with Crippen LogP contribution in [0.2, 0.25) is 0 Å². The van der Waals surface area contributed by atoms with E-state index in [0.717, 1.165) is 16.7 Å². The van der Waals surface area contributed by atoms with E-state index in [2.05, 4.69) is 41.5 Å². The molecule has 0 saturated heterocycles. The molecule has 1 heteroatoms. The maximum Gasteiger partial charge on any atom is 0.129 e. The Kier molecular flexibility index (Phi) is 5.93. The summed E-state index contributed by atoms with van der Waals surface area (Å²) in [4.78, 5) is 0. The Labute approximate surface area is 135 Å².